The van der Waals surface area contributed by atoms with Gasteiger partial charge in [-0.2, -0.15) is 10.4 Å². The molecule has 1 heterocycles. The number of aromatic nitrogens is 2. The maximum atomic E-state index is 12.1. The summed E-state index contributed by atoms with van der Waals surface area (Å²) < 4.78 is 28.4. The average Bonchev–Trinajstić information content (AvgIpc) is 2.75. The Balaban J connectivity index is 2.09. The largest absolute Gasteiger partial charge is 0.275 e. The normalized spacial score (nSPS) is 11.3. The second-order valence-electron chi connectivity index (χ2n) is 4.76. The molecule has 0 aliphatic heterocycles. The highest BCUT2D eigenvalue weighted by Crippen LogP contribution is 2.12. The predicted molar refractivity (Wildman–Crippen MR) is 78.6 cm³/mol. The molecule has 7 heteroatoms. The molecule has 0 aliphatic rings. The van der Waals surface area contributed by atoms with Gasteiger partial charge in [-0.05, 0) is 18.6 Å². The van der Waals surface area contributed by atoms with Gasteiger partial charge in [-0.1, -0.05) is 18.2 Å². The van der Waals surface area contributed by atoms with Gasteiger partial charge >= 0.3 is 0 Å². The van der Waals surface area contributed by atoms with Gasteiger partial charge in [0.15, 0.2) is 0 Å². The van der Waals surface area contributed by atoms with Gasteiger partial charge in [0.25, 0.3) is 0 Å². The number of nitriles is 1. The van der Waals surface area contributed by atoms with Crippen LogP contribution in [0.3, 0.4) is 0 Å². The third-order valence-corrected chi connectivity index (χ3v) is 4.36. The van der Waals surface area contributed by atoms with Gasteiger partial charge in [0, 0.05) is 25.4 Å². The fourth-order valence-electron chi connectivity index (χ4n) is 2.02. The molecular formula is C14H16N4O2S. The van der Waals surface area contributed by atoms with Crippen molar-refractivity contribution in [3.05, 3.63) is 52.8 Å². The minimum Gasteiger partial charge on any atom is -0.275 e. The van der Waals surface area contributed by atoms with Gasteiger partial charge in [-0.3, -0.25) is 4.68 Å². The predicted octanol–water partition coefficient (Wildman–Crippen LogP) is 1.22. The molecule has 110 valence electrons. The lowest BCUT2D eigenvalue weighted by molar-refractivity contribution is 0.580. The number of benzene rings is 1. The molecule has 21 heavy (non-hydrogen) atoms. The molecule has 1 N–H and O–H groups in total. The van der Waals surface area contributed by atoms with E-state index in [1.54, 1.807) is 42.2 Å². The molecule has 6 nitrogen and oxygen atoms in total. The van der Waals surface area contributed by atoms with Gasteiger partial charge in [-0.15, -0.1) is 0 Å². The van der Waals surface area contributed by atoms with Crippen LogP contribution in [0, 0.1) is 18.3 Å². The van der Waals surface area contributed by atoms with Crippen LogP contribution in [0.25, 0.3) is 0 Å². The maximum Gasteiger partial charge on any atom is 0.216 e. The summed E-state index contributed by atoms with van der Waals surface area (Å²) in [6.07, 6.45) is 1.78. The number of hydrogen-bond donors (Lipinski definition) is 1. The lowest BCUT2D eigenvalue weighted by atomic mass is 10.1. The average molecular weight is 304 g/mol. The van der Waals surface area contributed by atoms with Crippen LogP contribution >= 0.6 is 0 Å². The molecule has 0 atom stereocenters. The van der Waals surface area contributed by atoms with E-state index in [1.807, 2.05) is 13.0 Å². The van der Waals surface area contributed by atoms with Gasteiger partial charge in [0.1, 0.15) is 0 Å². The Kier molecular flexibility index (Phi) is 4.40. The van der Waals surface area contributed by atoms with E-state index in [1.165, 1.54) is 0 Å². The lowest BCUT2D eigenvalue weighted by Crippen LogP contribution is -2.25. The number of rotatable bonds is 5. The number of sulfonamides is 1. The van der Waals surface area contributed by atoms with E-state index in [4.69, 9.17) is 5.26 Å². The summed E-state index contributed by atoms with van der Waals surface area (Å²) in [5.74, 6) is -0.212. The molecule has 0 unspecified atom stereocenters. The van der Waals surface area contributed by atoms with Crippen molar-refractivity contribution in [1.82, 2.24) is 14.5 Å². The summed E-state index contributed by atoms with van der Waals surface area (Å²) in [7, 11) is -1.73. The second kappa shape index (κ2) is 6.08. The van der Waals surface area contributed by atoms with Crippen molar-refractivity contribution < 1.29 is 8.42 Å². The summed E-state index contributed by atoms with van der Waals surface area (Å²) in [4.78, 5) is 0. The van der Waals surface area contributed by atoms with E-state index < -0.39 is 10.0 Å². The molecule has 2 rings (SSSR count). The molecule has 0 aliphatic carbocycles. The highest BCUT2D eigenvalue weighted by molar-refractivity contribution is 7.88. The highest BCUT2D eigenvalue weighted by Gasteiger charge is 2.15. The van der Waals surface area contributed by atoms with Gasteiger partial charge in [0.05, 0.1) is 23.1 Å². The van der Waals surface area contributed by atoms with Crippen molar-refractivity contribution in [2.45, 2.75) is 19.2 Å². The highest BCUT2D eigenvalue weighted by atomic mass is 32.2. The molecular weight excluding hydrogens is 288 g/mol. The topological polar surface area (TPSA) is 87.8 Å². The fraction of sp³-hybridized carbons (Fsp3) is 0.286. The quantitative estimate of drug-likeness (QED) is 0.899. The zero-order valence-electron chi connectivity index (χ0n) is 11.9. The van der Waals surface area contributed by atoms with Gasteiger partial charge in [-0.25, -0.2) is 13.1 Å². The van der Waals surface area contributed by atoms with Gasteiger partial charge in [0.2, 0.25) is 10.0 Å². The van der Waals surface area contributed by atoms with Crippen molar-refractivity contribution in [2.75, 3.05) is 0 Å². The van der Waals surface area contributed by atoms with E-state index in [-0.39, 0.29) is 12.3 Å². The number of nitrogens with one attached hydrogen (secondary N) is 1. The lowest BCUT2D eigenvalue weighted by Gasteiger charge is -2.07. The summed E-state index contributed by atoms with van der Waals surface area (Å²) in [5, 5.41) is 13.1. The minimum absolute atomic E-state index is 0.191. The Morgan fingerprint density at radius 3 is 2.67 bits per heavy atom. The summed E-state index contributed by atoms with van der Waals surface area (Å²) in [6, 6.07) is 8.68. The van der Waals surface area contributed by atoms with Crippen LogP contribution in [0.1, 0.15) is 22.4 Å². The van der Waals surface area contributed by atoms with Crippen molar-refractivity contribution >= 4 is 10.0 Å². The molecule has 0 radical (unpaired) electrons. The molecule has 0 amide bonds. The SMILES string of the molecule is Cc1nn(C)cc1CNS(=O)(=O)Cc1ccccc1C#N. The number of hydrogen-bond acceptors (Lipinski definition) is 4. The maximum absolute atomic E-state index is 12.1. The molecule has 0 saturated heterocycles. The molecule has 0 saturated carbocycles. The van der Waals surface area contributed by atoms with E-state index in [2.05, 4.69) is 9.82 Å². The monoisotopic (exact) mass is 304 g/mol. The Hall–Kier alpha value is -2.17. The first-order valence-electron chi connectivity index (χ1n) is 6.36. The van der Waals surface area contributed by atoms with E-state index in [9.17, 15) is 8.42 Å². The standard InChI is InChI=1S/C14H16N4O2S/c1-11-14(9-18(2)17-11)8-16-21(19,20)10-13-6-4-3-5-12(13)7-15/h3-6,9,16H,8,10H2,1-2H3. The molecule has 2 aromatic rings. The second-order valence-corrected chi connectivity index (χ2v) is 6.57. The Labute approximate surface area is 124 Å². The van der Waals surface area contributed by atoms with Crippen LogP contribution in [-0.4, -0.2) is 18.2 Å². The molecule has 1 aromatic heterocycles. The fourth-order valence-corrected chi connectivity index (χ4v) is 3.16. The van der Waals surface area contributed by atoms with Crippen molar-refractivity contribution in [1.29, 1.82) is 5.26 Å². The summed E-state index contributed by atoms with van der Waals surface area (Å²) in [6.45, 7) is 2.02. The minimum atomic E-state index is -3.51. The number of aryl methyl sites for hydroxylation is 2. The van der Waals surface area contributed by atoms with Crippen molar-refractivity contribution in [3.63, 3.8) is 0 Å². The van der Waals surface area contributed by atoms with Crippen molar-refractivity contribution in [3.8, 4) is 6.07 Å². The molecule has 0 fully saturated rings. The van der Waals surface area contributed by atoms with Crippen molar-refractivity contribution in [2.24, 2.45) is 7.05 Å². The third-order valence-electron chi connectivity index (χ3n) is 3.08. The number of nitrogens with zero attached hydrogens (tertiary/aromatic N) is 3. The summed E-state index contributed by atoms with van der Waals surface area (Å²) >= 11 is 0. The van der Waals surface area contributed by atoms with Crippen LogP contribution in [0.2, 0.25) is 0 Å². The van der Waals surface area contributed by atoms with Crippen LogP contribution in [-0.2, 0) is 29.4 Å². The van der Waals surface area contributed by atoms with Crippen LogP contribution < -0.4 is 4.72 Å². The van der Waals surface area contributed by atoms with E-state index in [0.717, 1.165) is 11.3 Å². The van der Waals surface area contributed by atoms with E-state index in [0.29, 0.717) is 11.1 Å². The zero-order valence-corrected chi connectivity index (χ0v) is 12.7. The zero-order chi connectivity index (χ0) is 15.5. The smallest absolute Gasteiger partial charge is 0.216 e. The van der Waals surface area contributed by atoms with Gasteiger partial charge < -0.3 is 0 Å². The first-order valence-corrected chi connectivity index (χ1v) is 8.01. The summed E-state index contributed by atoms with van der Waals surface area (Å²) in [5.41, 5.74) is 2.49. The first kappa shape index (κ1) is 15.2. The van der Waals surface area contributed by atoms with Crippen LogP contribution in [0.4, 0.5) is 0 Å². The Bertz CT molecular complexity index is 788. The van der Waals surface area contributed by atoms with Crippen LogP contribution in [0.15, 0.2) is 30.5 Å². The Morgan fingerprint density at radius 2 is 2.05 bits per heavy atom. The third kappa shape index (κ3) is 3.90. The van der Waals surface area contributed by atoms with Crippen LogP contribution in [0.5, 0.6) is 0 Å². The molecule has 1 aromatic carbocycles. The Morgan fingerprint density at radius 1 is 1.33 bits per heavy atom. The first-order chi connectivity index (χ1) is 9.91. The van der Waals surface area contributed by atoms with E-state index >= 15 is 0 Å². The molecule has 0 spiro atoms. The molecule has 0 bridgehead atoms.